The molecule has 1 aromatic carbocycles. The Hall–Kier alpha value is -2.22. The van der Waals surface area contributed by atoms with Crippen molar-refractivity contribution in [2.24, 2.45) is 4.99 Å². The first kappa shape index (κ1) is 18.6. The van der Waals surface area contributed by atoms with E-state index in [-0.39, 0.29) is 17.7 Å². The number of benzene rings is 1. The fourth-order valence-corrected chi connectivity index (χ4v) is 3.48. The fraction of sp³-hybridized carbons (Fsp3) is 0.333. The van der Waals surface area contributed by atoms with E-state index >= 15 is 0 Å². The van der Waals surface area contributed by atoms with Crippen LogP contribution in [-0.4, -0.2) is 37.1 Å². The van der Waals surface area contributed by atoms with E-state index in [1.165, 1.54) is 18.2 Å². The van der Waals surface area contributed by atoms with Crippen LogP contribution >= 0.6 is 15.9 Å². The molecule has 3 rings (SSSR count). The van der Waals surface area contributed by atoms with E-state index in [0.29, 0.717) is 29.3 Å². The maximum Gasteiger partial charge on any atom is 0.191 e. The van der Waals surface area contributed by atoms with Gasteiger partial charge in [-0.1, -0.05) is 15.9 Å². The number of hydrogen-bond donors (Lipinski definition) is 2. The van der Waals surface area contributed by atoms with Gasteiger partial charge in [-0.05, 0) is 42.3 Å². The van der Waals surface area contributed by atoms with E-state index in [2.05, 4.69) is 36.5 Å². The van der Waals surface area contributed by atoms with Crippen LogP contribution in [0.5, 0.6) is 0 Å². The van der Waals surface area contributed by atoms with Crippen LogP contribution in [0.3, 0.4) is 0 Å². The van der Waals surface area contributed by atoms with Gasteiger partial charge in [0.25, 0.3) is 0 Å². The number of aromatic nitrogens is 1. The molecule has 26 heavy (non-hydrogen) atoms. The summed E-state index contributed by atoms with van der Waals surface area (Å²) in [5.74, 6) is 0.401. The molecule has 0 bridgehead atoms. The highest BCUT2D eigenvalue weighted by Crippen LogP contribution is 2.20. The van der Waals surface area contributed by atoms with Crippen LogP contribution in [0, 0.1) is 11.6 Å². The summed E-state index contributed by atoms with van der Waals surface area (Å²) in [7, 11) is 1.68. The Morgan fingerprint density at radius 1 is 1.38 bits per heavy atom. The number of pyridine rings is 1. The monoisotopic (exact) mass is 423 g/mol. The molecule has 8 heteroatoms. The number of aliphatic imine (C=N–C) groups is 1. The topological polar surface area (TPSA) is 52.6 Å². The van der Waals surface area contributed by atoms with Crippen molar-refractivity contribution in [3.05, 3.63) is 58.2 Å². The second kappa shape index (κ2) is 8.44. The lowest BCUT2D eigenvalue weighted by atomic mass is 10.2. The maximum atomic E-state index is 13.9. The highest BCUT2D eigenvalue weighted by atomic mass is 79.9. The molecule has 2 N–H and O–H groups in total. The summed E-state index contributed by atoms with van der Waals surface area (Å²) in [4.78, 5) is 10.3. The SMILES string of the molecule is CN=C(NCc1cc(F)cc(Br)c1)NC1CCN(c2ncccc2F)C1. The lowest BCUT2D eigenvalue weighted by molar-refractivity contribution is 0.612. The molecule has 1 aliphatic rings. The van der Waals surface area contributed by atoms with Gasteiger partial charge in [0, 0.05) is 43.4 Å². The predicted octanol–water partition coefficient (Wildman–Crippen LogP) is 3.07. The number of halogens is 3. The quantitative estimate of drug-likeness (QED) is 0.585. The first-order valence-corrected chi connectivity index (χ1v) is 9.12. The van der Waals surface area contributed by atoms with Gasteiger partial charge in [-0.15, -0.1) is 0 Å². The molecule has 5 nitrogen and oxygen atoms in total. The highest BCUT2D eigenvalue weighted by molar-refractivity contribution is 9.10. The molecule has 1 aliphatic heterocycles. The number of nitrogens with one attached hydrogen (secondary N) is 2. The predicted molar refractivity (Wildman–Crippen MR) is 102 cm³/mol. The highest BCUT2D eigenvalue weighted by Gasteiger charge is 2.25. The van der Waals surface area contributed by atoms with Gasteiger partial charge in [0.1, 0.15) is 5.82 Å². The Kier molecular flexibility index (Phi) is 6.03. The summed E-state index contributed by atoms with van der Waals surface area (Å²) >= 11 is 3.29. The van der Waals surface area contributed by atoms with Crippen LogP contribution in [0.2, 0.25) is 0 Å². The number of nitrogens with zero attached hydrogens (tertiary/aromatic N) is 3. The normalized spacial score (nSPS) is 17.5. The van der Waals surface area contributed by atoms with E-state index < -0.39 is 0 Å². The molecule has 1 unspecified atom stereocenters. The van der Waals surface area contributed by atoms with E-state index in [4.69, 9.17) is 0 Å². The van der Waals surface area contributed by atoms with Gasteiger partial charge in [-0.25, -0.2) is 13.8 Å². The Bertz CT molecular complexity index is 779. The molecule has 1 fully saturated rings. The summed E-state index contributed by atoms with van der Waals surface area (Å²) in [5, 5.41) is 6.50. The summed E-state index contributed by atoms with van der Waals surface area (Å²) < 4.78 is 28.0. The van der Waals surface area contributed by atoms with E-state index in [9.17, 15) is 8.78 Å². The van der Waals surface area contributed by atoms with E-state index in [1.54, 1.807) is 19.3 Å². The van der Waals surface area contributed by atoms with Crippen LogP contribution in [0.1, 0.15) is 12.0 Å². The van der Waals surface area contributed by atoms with Crippen molar-refractivity contribution in [1.82, 2.24) is 15.6 Å². The average molecular weight is 424 g/mol. The summed E-state index contributed by atoms with van der Waals surface area (Å²) in [6, 6.07) is 7.88. The molecular formula is C18H20BrF2N5. The third-order valence-corrected chi connectivity index (χ3v) is 4.63. The van der Waals surface area contributed by atoms with Crippen molar-refractivity contribution in [2.45, 2.75) is 19.0 Å². The molecule has 1 saturated heterocycles. The number of anilines is 1. The molecule has 0 spiro atoms. The van der Waals surface area contributed by atoms with Gasteiger partial charge in [-0.2, -0.15) is 0 Å². The van der Waals surface area contributed by atoms with Crippen LogP contribution in [0.15, 0.2) is 46.0 Å². The Balaban J connectivity index is 1.55. The zero-order valence-corrected chi connectivity index (χ0v) is 15.9. The molecular weight excluding hydrogens is 404 g/mol. The molecule has 2 aromatic rings. The number of guanidine groups is 1. The molecule has 1 atom stereocenters. The number of rotatable bonds is 4. The summed E-state index contributed by atoms with van der Waals surface area (Å²) in [6.07, 6.45) is 2.44. The van der Waals surface area contributed by atoms with Gasteiger partial charge in [0.2, 0.25) is 0 Å². The van der Waals surface area contributed by atoms with Gasteiger partial charge < -0.3 is 15.5 Å². The fourth-order valence-electron chi connectivity index (χ4n) is 2.97. The summed E-state index contributed by atoms with van der Waals surface area (Å²) in [5.41, 5.74) is 0.809. The van der Waals surface area contributed by atoms with Gasteiger partial charge in [0.15, 0.2) is 17.6 Å². The van der Waals surface area contributed by atoms with Crippen LogP contribution < -0.4 is 15.5 Å². The average Bonchev–Trinajstić information content (AvgIpc) is 3.06. The molecule has 2 heterocycles. The standard InChI is InChI=1S/C18H20BrF2N5/c1-22-18(24-10-12-7-13(19)9-14(20)8-12)25-15-4-6-26(11-15)17-16(21)3-2-5-23-17/h2-3,5,7-9,15H,4,6,10-11H2,1H3,(H2,22,24,25). The third kappa shape index (κ3) is 4.69. The Morgan fingerprint density at radius 3 is 2.96 bits per heavy atom. The minimum absolute atomic E-state index is 0.127. The van der Waals surface area contributed by atoms with Crippen molar-refractivity contribution in [3.8, 4) is 0 Å². The molecule has 1 aromatic heterocycles. The lowest BCUT2D eigenvalue weighted by Crippen LogP contribution is -2.44. The zero-order valence-electron chi connectivity index (χ0n) is 14.3. The minimum atomic E-state index is -0.313. The van der Waals surface area contributed by atoms with E-state index in [0.717, 1.165) is 18.5 Å². The van der Waals surface area contributed by atoms with Crippen LogP contribution in [0.25, 0.3) is 0 Å². The van der Waals surface area contributed by atoms with Crippen molar-refractivity contribution < 1.29 is 8.78 Å². The minimum Gasteiger partial charge on any atom is -0.352 e. The molecule has 0 amide bonds. The molecule has 0 aliphatic carbocycles. The first-order valence-electron chi connectivity index (χ1n) is 8.33. The molecule has 138 valence electrons. The summed E-state index contributed by atoms with van der Waals surface area (Å²) in [6.45, 7) is 1.81. The number of hydrogen-bond acceptors (Lipinski definition) is 3. The third-order valence-electron chi connectivity index (χ3n) is 4.17. The molecule has 0 saturated carbocycles. The van der Waals surface area contributed by atoms with Crippen LogP contribution in [0.4, 0.5) is 14.6 Å². The van der Waals surface area contributed by atoms with Crippen molar-refractivity contribution in [1.29, 1.82) is 0 Å². The zero-order chi connectivity index (χ0) is 18.5. The Labute approximate surface area is 159 Å². The maximum absolute atomic E-state index is 13.9. The van der Waals surface area contributed by atoms with Crippen molar-refractivity contribution >= 4 is 27.7 Å². The van der Waals surface area contributed by atoms with Crippen LogP contribution in [-0.2, 0) is 6.54 Å². The second-order valence-electron chi connectivity index (χ2n) is 6.09. The van der Waals surface area contributed by atoms with Crippen molar-refractivity contribution in [3.63, 3.8) is 0 Å². The van der Waals surface area contributed by atoms with Gasteiger partial charge in [0.05, 0.1) is 0 Å². The van der Waals surface area contributed by atoms with Gasteiger partial charge in [-0.3, -0.25) is 4.99 Å². The lowest BCUT2D eigenvalue weighted by Gasteiger charge is -2.20. The second-order valence-corrected chi connectivity index (χ2v) is 7.00. The largest absolute Gasteiger partial charge is 0.352 e. The van der Waals surface area contributed by atoms with Gasteiger partial charge >= 0.3 is 0 Å². The molecule has 0 radical (unpaired) electrons. The Morgan fingerprint density at radius 2 is 2.23 bits per heavy atom. The van der Waals surface area contributed by atoms with Crippen molar-refractivity contribution in [2.75, 3.05) is 25.0 Å². The van der Waals surface area contributed by atoms with E-state index in [1.807, 2.05) is 11.0 Å². The first-order chi connectivity index (χ1) is 12.5. The smallest absolute Gasteiger partial charge is 0.191 e.